The van der Waals surface area contributed by atoms with Crippen molar-refractivity contribution < 1.29 is 9.53 Å². The third-order valence-electron chi connectivity index (χ3n) is 1.87. The highest BCUT2D eigenvalue weighted by molar-refractivity contribution is 5.68. The maximum atomic E-state index is 11.1. The van der Waals surface area contributed by atoms with Crippen molar-refractivity contribution in [3.05, 3.63) is 0 Å². The molecule has 1 amide bonds. The van der Waals surface area contributed by atoms with Crippen LogP contribution in [0.25, 0.3) is 0 Å². The number of amides is 1. The molecule has 0 aromatic heterocycles. The number of hydrogen-bond donors (Lipinski definition) is 0. The van der Waals surface area contributed by atoms with E-state index in [9.17, 15) is 4.79 Å². The van der Waals surface area contributed by atoms with Crippen LogP contribution in [0, 0.1) is 17.2 Å². The fraction of sp³-hybridized carbons (Fsp3) is 0.750. The Labute approximate surface area is 71.7 Å². The van der Waals surface area contributed by atoms with Crippen LogP contribution in [-0.4, -0.2) is 30.2 Å². The van der Waals surface area contributed by atoms with Crippen LogP contribution < -0.4 is 0 Å². The first-order valence-corrected chi connectivity index (χ1v) is 3.98. The number of carbonyl (C=O) groups is 1. The van der Waals surface area contributed by atoms with Gasteiger partial charge in [0.05, 0.1) is 12.0 Å². The minimum atomic E-state index is -0.309. The minimum Gasteiger partial charge on any atom is -0.448 e. The summed E-state index contributed by atoms with van der Waals surface area (Å²) in [6, 6.07) is 2.20. The number of hydrogen-bond acceptors (Lipinski definition) is 3. The highest BCUT2D eigenvalue weighted by Crippen LogP contribution is 2.12. The van der Waals surface area contributed by atoms with Crippen molar-refractivity contribution in [2.75, 3.05) is 13.2 Å². The maximum Gasteiger partial charge on any atom is 0.410 e. The van der Waals surface area contributed by atoms with Gasteiger partial charge in [-0.15, -0.1) is 0 Å². The summed E-state index contributed by atoms with van der Waals surface area (Å²) in [5.74, 6) is -0.176. The molecule has 0 radical (unpaired) electrons. The second-order valence-electron chi connectivity index (χ2n) is 3.15. The molecule has 0 aliphatic carbocycles. The SMILES string of the molecule is CC(C)N1CC(C#N)COC1=O. The van der Waals surface area contributed by atoms with E-state index in [2.05, 4.69) is 6.07 Å². The van der Waals surface area contributed by atoms with Gasteiger partial charge in [0.15, 0.2) is 0 Å². The number of carbonyl (C=O) groups excluding carboxylic acids is 1. The van der Waals surface area contributed by atoms with Crippen molar-refractivity contribution in [3.8, 4) is 6.07 Å². The molecule has 66 valence electrons. The monoisotopic (exact) mass is 168 g/mol. The first-order chi connectivity index (χ1) is 5.65. The maximum absolute atomic E-state index is 11.1. The number of ether oxygens (including phenoxy) is 1. The van der Waals surface area contributed by atoms with Crippen molar-refractivity contribution in [2.24, 2.45) is 5.92 Å². The molecule has 0 N–H and O–H groups in total. The Balaban J connectivity index is 2.60. The molecule has 4 heteroatoms. The topological polar surface area (TPSA) is 53.3 Å². The predicted octanol–water partition coefficient (Wildman–Crippen LogP) is 0.987. The zero-order chi connectivity index (χ0) is 9.14. The molecule has 1 fully saturated rings. The average Bonchev–Trinajstić information content (AvgIpc) is 2.05. The summed E-state index contributed by atoms with van der Waals surface area (Å²) in [5, 5.41) is 8.61. The molecule has 1 aliphatic rings. The number of nitriles is 1. The Morgan fingerprint density at radius 2 is 2.42 bits per heavy atom. The largest absolute Gasteiger partial charge is 0.448 e. The molecule has 1 saturated heterocycles. The van der Waals surface area contributed by atoms with Gasteiger partial charge in [-0.1, -0.05) is 0 Å². The molecule has 0 aromatic rings. The highest BCUT2D eigenvalue weighted by Gasteiger charge is 2.28. The van der Waals surface area contributed by atoms with Crippen LogP contribution in [0.2, 0.25) is 0 Å². The van der Waals surface area contributed by atoms with Gasteiger partial charge in [-0.3, -0.25) is 0 Å². The van der Waals surface area contributed by atoms with E-state index in [1.54, 1.807) is 4.90 Å². The number of rotatable bonds is 1. The summed E-state index contributed by atoms with van der Waals surface area (Å²) in [6.07, 6.45) is -0.309. The van der Waals surface area contributed by atoms with E-state index < -0.39 is 0 Å². The average molecular weight is 168 g/mol. The van der Waals surface area contributed by atoms with Crippen molar-refractivity contribution in [1.82, 2.24) is 4.90 Å². The van der Waals surface area contributed by atoms with Gasteiger partial charge < -0.3 is 9.64 Å². The Kier molecular flexibility index (Phi) is 2.54. The molecule has 1 atom stereocenters. The standard InChI is InChI=1S/C8H12N2O2/c1-6(2)10-4-7(3-9)5-12-8(10)11/h6-7H,4-5H2,1-2H3. The van der Waals surface area contributed by atoms with Gasteiger partial charge >= 0.3 is 6.09 Å². The predicted molar refractivity (Wildman–Crippen MR) is 42.3 cm³/mol. The summed E-state index contributed by atoms with van der Waals surface area (Å²) in [7, 11) is 0. The molecule has 0 spiro atoms. The zero-order valence-electron chi connectivity index (χ0n) is 7.28. The third kappa shape index (κ3) is 1.67. The smallest absolute Gasteiger partial charge is 0.410 e. The van der Waals surface area contributed by atoms with E-state index in [4.69, 9.17) is 10.00 Å². The van der Waals surface area contributed by atoms with Gasteiger partial charge in [-0.05, 0) is 13.8 Å². The lowest BCUT2D eigenvalue weighted by Gasteiger charge is -2.31. The van der Waals surface area contributed by atoms with Crippen molar-refractivity contribution in [3.63, 3.8) is 0 Å². The van der Waals surface area contributed by atoms with Crippen molar-refractivity contribution >= 4 is 6.09 Å². The van der Waals surface area contributed by atoms with E-state index in [-0.39, 0.29) is 24.7 Å². The number of cyclic esters (lactones) is 1. The Bertz CT molecular complexity index is 220. The molecule has 4 nitrogen and oxygen atoms in total. The lowest BCUT2D eigenvalue weighted by molar-refractivity contribution is 0.0451. The molecule has 0 bridgehead atoms. The first-order valence-electron chi connectivity index (χ1n) is 3.98. The summed E-state index contributed by atoms with van der Waals surface area (Å²) >= 11 is 0. The molecular formula is C8H12N2O2. The van der Waals surface area contributed by atoms with Gasteiger partial charge in [0.1, 0.15) is 6.61 Å². The van der Waals surface area contributed by atoms with Gasteiger partial charge in [-0.2, -0.15) is 5.26 Å². The molecular weight excluding hydrogens is 156 g/mol. The summed E-state index contributed by atoms with van der Waals surface area (Å²) in [6.45, 7) is 4.54. The summed E-state index contributed by atoms with van der Waals surface area (Å²) < 4.78 is 4.82. The third-order valence-corrected chi connectivity index (χ3v) is 1.87. The van der Waals surface area contributed by atoms with E-state index >= 15 is 0 Å². The Morgan fingerprint density at radius 3 is 2.92 bits per heavy atom. The molecule has 1 heterocycles. The van der Waals surface area contributed by atoms with Gasteiger partial charge in [0, 0.05) is 12.6 Å². The quantitative estimate of drug-likeness (QED) is 0.586. The Hall–Kier alpha value is -1.24. The molecule has 0 aromatic carbocycles. The molecule has 1 unspecified atom stereocenters. The van der Waals surface area contributed by atoms with Crippen LogP contribution in [0.4, 0.5) is 4.79 Å². The fourth-order valence-corrected chi connectivity index (χ4v) is 1.12. The molecule has 12 heavy (non-hydrogen) atoms. The lowest BCUT2D eigenvalue weighted by Crippen LogP contribution is -2.46. The van der Waals surface area contributed by atoms with Crippen LogP contribution in [0.3, 0.4) is 0 Å². The fourth-order valence-electron chi connectivity index (χ4n) is 1.12. The van der Waals surface area contributed by atoms with Gasteiger partial charge in [-0.25, -0.2) is 4.79 Å². The van der Waals surface area contributed by atoms with Crippen LogP contribution >= 0.6 is 0 Å². The highest BCUT2D eigenvalue weighted by atomic mass is 16.6. The van der Waals surface area contributed by atoms with Crippen LogP contribution in [0.1, 0.15) is 13.8 Å². The van der Waals surface area contributed by atoms with E-state index in [1.807, 2.05) is 13.8 Å². The van der Waals surface area contributed by atoms with E-state index in [1.165, 1.54) is 0 Å². The van der Waals surface area contributed by atoms with E-state index in [0.717, 1.165) is 0 Å². The molecule has 1 aliphatic heterocycles. The Morgan fingerprint density at radius 1 is 1.75 bits per heavy atom. The number of nitrogens with zero attached hydrogens (tertiary/aromatic N) is 2. The van der Waals surface area contributed by atoms with Crippen LogP contribution in [0.5, 0.6) is 0 Å². The van der Waals surface area contributed by atoms with Gasteiger partial charge in [0.25, 0.3) is 0 Å². The normalized spacial score (nSPS) is 23.7. The first kappa shape index (κ1) is 8.85. The lowest BCUT2D eigenvalue weighted by atomic mass is 10.1. The van der Waals surface area contributed by atoms with Gasteiger partial charge in [0.2, 0.25) is 0 Å². The second kappa shape index (κ2) is 3.44. The summed E-state index contributed by atoms with van der Waals surface area (Å²) in [4.78, 5) is 12.7. The molecule has 1 rings (SSSR count). The second-order valence-corrected chi connectivity index (χ2v) is 3.15. The van der Waals surface area contributed by atoms with Crippen LogP contribution in [0.15, 0.2) is 0 Å². The minimum absolute atomic E-state index is 0.105. The van der Waals surface area contributed by atoms with Crippen LogP contribution in [-0.2, 0) is 4.74 Å². The molecule has 0 saturated carbocycles. The summed E-state index contributed by atoms with van der Waals surface area (Å²) in [5.41, 5.74) is 0. The van der Waals surface area contributed by atoms with E-state index in [0.29, 0.717) is 6.54 Å². The zero-order valence-corrected chi connectivity index (χ0v) is 7.28. The van der Waals surface area contributed by atoms with Crippen molar-refractivity contribution in [2.45, 2.75) is 19.9 Å². The van der Waals surface area contributed by atoms with Crippen molar-refractivity contribution in [1.29, 1.82) is 5.26 Å².